The number of aromatic nitrogens is 3. The van der Waals surface area contributed by atoms with E-state index in [4.69, 9.17) is 0 Å². The fraction of sp³-hybridized carbons (Fsp3) is 0.444. The second-order valence-corrected chi connectivity index (χ2v) is 6.85. The van der Waals surface area contributed by atoms with Gasteiger partial charge in [-0.2, -0.15) is 0 Å². The van der Waals surface area contributed by atoms with Gasteiger partial charge in [0, 0.05) is 14.1 Å². The molecule has 0 unspecified atom stereocenters. The molecule has 7 heteroatoms. The molecule has 2 aromatic rings. The molecule has 1 aromatic carbocycles. The molecule has 0 aliphatic heterocycles. The van der Waals surface area contributed by atoms with Crippen molar-refractivity contribution in [1.82, 2.24) is 25.2 Å². The van der Waals surface area contributed by atoms with Crippen LogP contribution in [0.25, 0.3) is 0 Å². The molecule has 0 saturated heterocycles. The molecular weight excluding hydrogens is 318 g/mol. The molecule has 3 rings (SSSR count). The van der Waals surface area contributed by atoms with Crippen molar-refractivity contribution in [2.24, 2.45) is 0 Å². The lowest BCUT2D eigenvalue weighted by atomic mass is 9.71. The summed E-state index contributed by atoms with van der Waals surface area (Å²) in [6.07, 6.45) is 4.42. The van der Waals surface area contributed by atoms with E-state index in [1.807, 2.05) is 6.92 Å². The topological polar surface area (TPSA) is 80.1 Å². The first kappa shape index (κ1) is 17.1. The van der Waals surface area contributed by atoms with Crippen molar-refractivity contribution in [3.8, 4) is 0 Å². The molecule has 25 heavy (non-hydrogen) atoms. The Labute approximate surface area is 147 Å². The van der Waals surface area contributed by atoms with Crippen molar-refractivity contribution in [3.05, 3.63) is 47.3 Å². The number of amides is 2. The third-order valence-electron chi connectivity index (χ3n) is 4.73. The van der Waals surface area contributed by atoms with Crippen LogP contribution in [0.3, 0.4) is 0 Å². The summed E-state index contributed by atoms with van der Waals surface area (Å²) >= 11 is 0. The van der Waals surface area contributed by atoms with Crippen molar-refractivity contribution in [3.63, 3.8) is 0 Å². The highest BCUT2D eigenvalue weighted by molar-refractivity contribution is 5.92. The van der Waals surface area contributed by atoms with Crippen LogP contribution in [0.15, 0.2) is 30.5 Å². The van der Waals surface area contributed by atoms with E-state index in [0.29, 0.717) is 0 Å². The molecule has 1 aliphatic carbocycles. The van der Waals surface area contributed by atoms with Gasteiger partial charge in [-0.3, -0.25) is 9.59 Å². The fourth-order valence-corrected chi connectivity index (χ4v) is 2.93. The van der Waals surface area contributed by atoms with E-state index in [1.165, 1.54) is 21.3 Å². The Bertz CT molecular complexity index is 775. The maximum Gasteiger partial charge on any atom is 0.274 e. The normalized spacial score (nSPS) is 15.3. The van der Waals surface area contributed by atoms with Gasteiger partial charge in [0.1, 0.15) is 6.54 Å². The zero-order valence-corrected chi connectivity index (χ0v) is 14.8. The van der Waals surface area contributed by atoms with Crippen LogP contribution in [0.4, 0.5) is 0 Å². The Hall–Kier alpha value is -2.70. The first-order chi connectivity index (χ1) is 11.9. The number of hydrogen-bond acceptors (Lipinski definition) is 4. The van der Waals surface area contributed by atoms with Crippen molar-refractivity contribution in [2.75, 3.05) is 14.1 Å². The number of hydrogen-bond donors (Lipinski definition) is 1. The second kappa shape index (κ2) is 6.66. The number of carbonyl (C=O) groups excluding carboxylic acids is 2. The minimum atomic E-state index is -0.325. The lowest BCUT2D eigenvalue weighted by Crippen LogP contribution is -2.50. The molecule has 1 fully saturated rings. The summed E-state index contributed by atoms with van der Waals surface area (Å²) < 4.78 is 1.39. The van der Waals surface area contributed by atoms with Crippen LogP contribution in [0, 0.1) is 6.92 Å². The van der Waals surface area contributed by atoms with Gasteiger partial charge in [0.15, 0.2) is 5.69 Å². The van der Waals surface area contributed by atoms with E-state index in [0.717, 1.165) is 24.8 Å². The maximum atomic E-state index is 12.6. The summed E-state index contributed by atoms with van der Waals surface area (Å²) in [7, 11) is 3.35. The van der Waals surface area contributed by atoms with Crippen LogP contribution in [0.1, 0.15) is 40.9 Å². The molecule has 2 amide bonds. The smallest absolute Gasteiger partial charge is 0.274 e. The Balaban J connectivity index is 1.72. The summed E-state index contributed by atoms with van der Waals surface area (Å²) in [6.45, 7) is 2.11. The van der Waals surface area contributed by atoms with Gasteiger partial charge in [-0.15, -0.1) is 5.10 Å². The van der Waals surface area contributed by atoms with Crippen LogP contribution in [0.5, 0.6) is 0 Å². The van der Waals surface area contributed by atoms with Crippen LogP contribution >= 0.6 is 0 Å². The molecule has 0 bridgehead atoms. The van der Waals surface area contributed by atoms with Gasteiger partial charge in [0.05, 0.1) is 11.7 Å². The van der Waals surface area contributed by atoms with Crippen molar-refractivity contribution >= 4 is 11.8 Å². The summed E-state index contributed by atoms with van der Waals surface area (Å²) in [5.41, 5.74) is 2.21. The molecule has 0 atom stereocenters. The SMILES string of the molecule is Cc1ccc(C2(NC(=O)c3cn(CC(=O)N(C)C)nn3)CCC2)cc1. The molecule has 0 spiro atoms. The Kier molecular flexibility index (Phi) is 4.57. The van der Waals surface area contributed by atoms with E-state index in [-0.39, 0.29) is 29.6 Å². The minimum absolute atomic E-state index is 0.0659. The van der Waals surface area contributed by atoms with Crippen molar-refractivity contribution in [2.45, 2.75) is 38.3 Å². The molecule has 132 valence electrons. The first-order valence-electron chi connectivity index (χ1n) is 8.40. The Morgan fingerprint density at radius 3 is 2.48 bits per heavy atom. The molecule has 0 radical (unpaired) electrons. The molecule has 1 aromatic heterocycles. The first-order valence-corrected chi connectivity index (χ1v) is 8.40. The summed E-state index contributed by atoms with van der Waals surface area (Å²) in [5, 5.41) is 10.9. The predicted molar refractivity (Wildman–Crippen MR) is 92.9 cm³/mol. The average molecular weight is 341 g/mol. The van der Waals surface area contributed by atoms with Gasteiger partial charge in [-0.25, -0.2) is 4.68 Å². The van der Waals surface area contributed by atoms with E-state index < -0.39 is 0 Å². The molecule has 7 nitrogen and oxygen atoms in total. The van der Waals surface area contributed by atoms with Crippen LogP contribution in [-0.2, 0) is 16.9 Å². The third-order valence-corrected chi connectivity index (χ3v) is 4.73. The van der Waals surface area contributed by atoms with Crippen LogP contribution < -0.4 is 5.32 Å². The van der Waals surface area contributed by atoms with Crippen molar-refractivity contribution in [1.29, 1.82) is 0 Å². The van der Waals surface area contributed by atoms with Gasteiger partial charge in [-0.05, 0) is 31.7 Å². The van der Waals surface area contributed by atoms with E-state index in [1.54, 1.807) is 14.1 Å². The number of likely N-dealkylation sites (N-methyl/N-ethyl adjacent to an activating group) is 1. The average Bonchev–Trinajstić information content (AvgIpc) is 3.00. The van der Waals surface area contributed by atoms with Gasteiger partial charge < -0.3 is 10.2 Å². The standard InChI is InChI=1S/C18H23N5O2/c1-13-5-7-14(8-6-13)18(9-4-10-18)19-17(25)15-11-23(21-20-15)12-16(24)22(2)3/h5-8,11H,4,9-10,12H2,1-3H3,(H,19,25). The maximum absolute atomic E-state index is 12.6. The largest absolute Gasteiger partial charge is 0.347 e. The van der Waals surface area contributed by atoms with E-state index in [9.17, 15) is 9.59 Å². The predicted octanol–water partition coefficient (Wildman–Crippen LogP) is 1.48. The van der Waals surface area contributed by atoms with Gasteiger partial charge in [0.25, 0.3) is 5.91 Å². The van der Waals surface area contributed by atoms with E-state index >= 15 is 0 Å². The van der Waals surface area contributed by atoms with Gasteiger partial charge in [0.2, 0.25) is 5.91 Å². The highest BCUT2D eigenvalue weighted by Gasteiger charge is 2.40. The van der Waals surface area contributed by atoms with Gasteiger partial charge >= 0.3 is 0 Å². The van der Waals surface area contributed by atoms with Crippen molar-refractivity contribution < 1.29 is 9.59 Å². The molecule has 1 heterocycles. The number of rotatable bonds is 5. The summed E-state index contributed by atoms with van der Waals surface area (Å²) in [6, 6.07) is 8.26. The number of aryl methyl sites for hydroxylation is 1. The number of nitrogens with zero attached hydrogens (tertiary/aromatic N) is 4. The molecular formula is C18H23N5O2. The second-order valence-electron chi connectivity index (χ2n) is 6.85. The van der Waals surface area contributed by atoms with Crippen LogP contribution in [0.2, 0.25) is 0 Å². The zero-order valence-electron chi connectivity index (χ0n) is 14.8. The highest BCUT2D eigenvalue weighted by atomic mass is 16.2. The number of nitrogens with one attached hydrogen (secondary N) is 1. The fourth-order valence-electron chi connectivity index (χ4n) is 2.93. The Morgan fingerprint density at radius 1 is 1.24 bits per heavy atom. The molecule has 1 N–H and O–H groups in total. The molecule has 1 saturated carbocycles. The Morgan fingerprint density at radius 2 is 1.92 bits per heavy atom. The lowest BCUT2D eigenvalue weighted by Gasteiger charge is -2.43. The summed E-state index contributed by atoms with van der Waals surface area (Å²) in [4.78, 5) is 25.8. The third kappa shape index (κ3) is 3.55. The lowest BCUT2D eigenvalue weighted by molar-refractivity contribution is -0.129. The number of benzene rings is 1. The van der Waals surface area contributed by atoms with Gasteiger partial charge in [-0.1, -0.05) is 35.0 Å². The number of carbonyl (C=O) groups is 2. The van der Waals surface area contributed by atoms with E-state index in [2.05, 4.69) is 39.9 Å². The minimum Gasteiger partial charge on any atom is -0.347 e. The zero-order chi connectivity index (χ0) is 18.0. The molecule has 1 aliphatic rings. The summed E-state index contributed by atoms with van der Waals surface area (Å²) in [5.74, 6) is -0.365. The highest BCUT2D eigenvalue weighted by Crippen LogP contribution is 2.41. The van der Waals surface area contributed by atoms with Crippen LogP contribution in [-0.4, -0.2) is 45.8 Å². The quantitative estimate of drug-likeness (QED) is 0.893. The monoisotopic (exact) mass is 341 g/mol.